The van der Waals surface area contributed by atoms with Gasteiger partial charge in [0.1, 0.15) is 0 Å². The van der Waals surface area contributed by atoms with Crippen molar-refractivity contribution in [1.29, 1.82) is 0 Å². The minimum atomic E-state index is -0.826. The standard InChI is InChI=1S/C19H22ClN3O4/c20-15-9-7-13(8-10-15)18-21-19(27-22-18)14-4-3-11-23(12-14)16(24)5-1-2-6-17(25)26/h7-10,14H,1-6,11-12H2,(H,25,26). The van der Waals surface area contributed by atoms with Gasteiger partial charge in [-0.2, -0.15) is 4.98 Å². The van der Waals surface area contributed by atoms with Crippen molar-refractivity contribution in [3.8, 4) is 11.4 Å². The van der Waals surface area contributed by atoms with E-state index in [4.69, 9.17) is 21.2 Å². The average molecular weight is 392 g/mol. The number of carboxylic acids is 1. The van der Waals surface area contributed by atoms with Crippen molar-refractivity contribution < 1.29 is 19.2 Å². The Labute approximate surface area is 162 Å². The number of rotatable bonds is 7. The first-order valence-corrected chi connectivity index (χ1v) is 9.50. The van der Waals surface area contributed by atoms with E-state index in [0.29, 0.717) is 49.1 Å². The van der Waals surface area contributed by atoms with Crippen LogP contribution in [-0.4, -0.2) is 45.1 Å². The van der Waals surface area contributed by atoms with Crippen LogP contribution >= 0.6 is 11.6 Å². The molecular weight excluding hydrogens is 370 g/mol. The molecule has 0 bridgehead atoms. The summed E-state index contributed by atoms with van der Waals surface area (Å²) in [4.78, 5) is 29.2. The minimum absolute atomic E-state index is 0.0234. The highest BCUT2D eigenvalue weighted by molar-refractivity contribution is 6.30. The van der Waals surface area contributed by atoms with Crippen molar-refractivity contribution in [3.05, 3.63) is 35.2 Å². The lowest BCUT2D eigenvalue weighted by molar-refractivity contribution is -0.137. The van der Waals surface area contributed by atoms with Gasteiger partial charge in [0, 0.05) is 36.5 Å². The predicted molar refractivity (Wildman–Crippen MR) is 99.4 cm³/mol. The van der Waals surface area contributed by atoms with Crippen LogP contribution < -0.4 is 0 Å². The summed E-state index contributed by atoms with van der Waals surface area (Å²) in [6, 6.07) is 7.23. The first kappa shape index (κ1) is 19.4. The van der Waals surface area contributed by atoms with Gasteiger partial charge in [0.15, 0.2) is 0 Å². The number of likely N-dealkylation sites (tertiary alicyclic amines) is 1. The van der Waals surface area contributed by atoms with Gasteiger partial charge in [0.25, 0.3) is 0 Å². The molecule has 1 aliphatic heterocycles. The Hall–Kier alpha value is -2.41. The fourth-order valence-corrected chi connectivity index (χ4v) is 3.36. The molecular formula is C19H22ClN3O4. The first-order valence-electron chi connectivity index (χ1n) is 9.12. The summed E-state index contributed by atoms with van der Waals surface area (Å²) >= 11 is 5.90. The van der Waals surface area contributed by atoms with E-state index in [2.05, 4.69) is 10.1 Å². The van der Waals surface area contributed by atoms with E-state index in [-0.39, 0.29) is 18.2 Å². The number of aromatic nitrogens is 2. The molecule has 1 fully saturated rings. The van der Waals surface area contributed by atoms with Gasteiger partial charge in [0.2, 0.25) is 17.6 Å². The van der Waals surface area contributed by atoms with Gasteiger partial charge in [-0.05, 0) is 49.9 Å². The lowest BCUT2D eigenvalue weighted by atomic mass is 9.97. The molecule has 144 valence electrons. The molecule has 2 heterocycles. The van der Waals surface area contributed by atoms with E-state index in [1.165, 1.54) is 0 Å². The maximum Gasteiger partial charge on any atom is 0.303 e. The Morgan fingerprint density at radius 3 is 2.70 bits per heavy atom. The van der Waals surface area contributed by atoms with Crippen molar-refractivity contribution in [3.63, 3.8) is 0 Å². The third-order valence-electron chi connectivity index (χ3n) is 4.70. The number of carbonyl (C=O) groups excluding carboxylic acids is 1. The molecule has 1 saturated heterocycles. The lowest BCUT2D eigenvalue weighted by Gasteiger charge is -2.31. The maximum absolute atomic E-state index is 12.4. The molecule has 1 amide bonds. The number of nitrogens with zero attached hydrogens (tertiary/aromatic N) is 3. The summed E-state index contributed by atoms with van der Waals surface area (Å²) in [6.45, 7) is 1.27. The van der Waals surface area contributed by atoms with Gasteiger partial charge >= 0.3 is 5.97 Å². The Morgan fingerprint density at radius 2 is 1.96 bits per heavy atom. The topological polar surface area (TPSA) is 96.5 Å². The summed E-state index contributed by atoms with van der Waals surface area (Å²) in [5.41, 5.74) is 0.830. The smallest absolute Gasteiger partial charge is 0.303 e. The number of benzene rings is 1. The van der Waals surface area contributed by atoms with Crippen molar-refractivity contribution in [1.82, 2.24) is 15.0 Å². The van der Waals surface area contributed by atoms with Crippen molar-refractivity contribution in [2.24, 2.45) is 0 Å². The molecule has 3 rings (SSSR count). The molecule has 7 nitrogen and oxygen atoms in total. The van der Waals surface area contributed by atoms with E-state index >= 15 is 0 Å². The molecule has 1 aliphatic rings. The van der Waals surface area contributed by atoms with Gasteiger partial charge in [-0.25, -0.2) is 0 Å². The van der Waals surface area contributed by atoms with E-state index in [1.807, 2.05) is 17.0 Å². The number of carboxylic acid groups (broad SMARTS) is 1. The fourth-order valence-electron chi connectivity index (χ4n) is 3.23. The molecule has 1 N–H and O–H groups in total. The van der Waals surface area contributed by atoms with E-state index in [1.54, 1.807) is 12.1 Å². The summed E-state index contributed by atoms with van der Waals surface area (Å²) in [6.07, 6.45) is 3.36. The number of hydrogen-bond donors (Lipinski definition) is 1. The van der Waals surface area contributed by atoms with E-state index < -0.39 is 5.97 Å². The normalized spacial score (nSPS) is 17.1. The molecule has 1 aromatic carbocycles. The fraction of sp³-hybridized carbons (Fsp3) is 0.474. The van der Waals surface area contributed by atoms with Crippen molar-refractivity contribution in [2.75, 3.05) is 13.1 Å². The largest absolute Gasteiger partial charge is 0.481 e. The van der Waals surface area contributed by atoms with Gasteiger partial charge < -0.3 is 14.5 Å². The maximum atomic E-state index is 12.4. The van der Waals surface area contributed by atoms with Crippen LogP contribution in [0.5, 0.6) is 0 Å². The van der Waals surface area contributed by atoms with Crippen molar-refractivity contribution in [2.45, 2.75) is 44.4 Å². The first-order chi connectivity index (χ1) is 13.0. The molecule has 1 aromatic heterocycles. The Morgan fingerprint density at radius 1 is 1.22 bits per heavy atom. The SMILES string of the molecule is O=C(O)CCCCC(=O)N1CCCC(c2nc(-c3ccc(Cl)cc3)no2)C1. The third kappa shape index (κ3) is 5.29. The number of aliphatic carboxylic acids is 1. The number of hydrogen-bond acceptors (Lipinski definition) is 5. The second-order valence-electron chi connectivity index (χ2n) is 6.74. The highest BCUT2D eigenvalue weighted by Crippen LogP contribution is 2.28. The molecule has 0 aliphatic carbocycles. The third-order valence-corrected chi connectivity index (χ3v) is 4.95. The van der Waals surface area contributed by atoms with Crippen LogP contribution in [0.25, 0.3) is 11.4 Å². The zero-order chi connectivity index (χ0) is 19.2. The number of piperidine rings is 1. The van der Waals surface area contributed by atoms with E-state index in [0.717, 1.165) is 18.4 Å². The van der Waals surface area contributed by atoms with Crippen LogP contribution in [0.2, 0.25) is 5.02 Å². The molecule has 27 heavy (non-hydrogen) atoms. The Bertz CT molecular complexity index is 791. The minimum Gasteiger partial charge on any atom is -0.481 e. The Balaban J connectivity index is 1.57. The van der Waals surface area contributed by atoms with Gasteiger partial charge in [-0.3, -0.25) is 9.59 Å². The molecule has 8 heteroatoms. The average Bonchev–Trinajstić information content (AvgIpc) is 3.16. The lowest BCUT2D eigenvalue weighted by Crippen LogP contribution is -2.39. The van der Waals surface area contributed by atoms with Crippen LogP contribution in [0.3, 0.4) is 0 Å². The molecule has 2 aromatic rings. The Kier molecular flexibility index (Phi) is 6.45. The zero-order valence-electron chi connectivity index (χ0n) is 14.9. The summed E-state index contributed by atoms with van der Waals surface area (Å²) in [5.74, 6) is 0.313. The van der Waals surface area contributed by atoms with Crippen LogP contribution in [-0.2, 0) is 9.59 Å². The quantitative estimate of drug-likeness (QED) is 0.722. The summed E-state index contributed by atoms with van der Waals surface area (Å²) in [7, 11) is 0. The highest BCUT2D eigenvalue weighted by Gasteiger charge is 2.28. The number of unbranched alkanes of at least 4 members (excludes halogenated alkanes) is 1. The van der Waals surface area contributed by atoms with Crippen molar-refractivity contribution >= 4 is 23.5 Å². The second-order valence-corrected chi connectivity index (χ2v) is 7.18. The van der Waals surface area contributed by atoms with Crippen LogP contribution in [0.15, 0.2) is 28.8 Å². The summed E-state index contributed by atoms with van der Waals surface area (Å²) < 4.78 is 5.44. The zero-order valence-corrected chi connectivity index (χ0v) is 15.7. The molecule has 0 spiro atoms. The number of carbonyl (C=O) groups is 2. The second kappa shape index (κ2) is 8.99. The van der Waals surface area contributed by atoms with Gasteiger partial charge in [-0.15, -0.1) is 0 Å². The van der Waals surface area contributed by atoms with Gasteiger partial charge in [0.05, 0.1) is 5.92 Å². The number of amides is 1. The highest BCUT2D eigenvalue weighted by atomic mass is 35.5. The van der Waals surface area contributed by atoms with Crippen LogP contribution in [0, 0.1) is 0 Å². The van der Waals surface area contributed by atoms with Crippen LogP contribution in [0.1, 0.15) is 50.3 Å². The molecule has 0 radical (unpaired) electrons. The molecule has 0 saturated carbocycles. The van der Waals surface area contributed by atoms with Gasteiger partial charge in [-0.1, -0.05) is 16.8 Å². The van der Waals surface area contributed by atoms with E-state index in [9.17, 15) is 9.59 Å². The summed E-state index contributed by atoms with van der Waals surface area (Å²) in [5, 5.41) is 13.4. The monoisotopic (exact) mass is 391 g/mol. The van der Waals surface area contributed by atoms with Crippen LogP contribution in [0.4, 0.5) is 0 Å². The number of halogens is 1. The molecule has 1 atom stereocenters. The molecule has 1 unspecified atom stereocenters. The predicted octanol–water partition coefficient (Wildman–Crippen LogP) is 3.74.